The van der Waals surface area contributed by atoms with Gasteiger partial charge in [0.1, 0.15) is 6.54 Å². The van der Waals surface area contributed by atoms with Crippen LogP contribution in [0.25, 0.3) is 6.08 Å². The van der Waals surface area contributed by atoms with Gasteiger partial charge in [0.2, 0.25) is 18.6 Å². The highest BCUT2D eigenvalue weighted by Crippen LogP contribution is 2.34. The van der Waals surface area contributed by atoms with E-state index in [1.165, 1.54) is 4.90 Å². The minimum atomic E-state index is -0.123. The van der Waals surface area contributed by atoms with Crippen LogP contribution in [0.3, 0.4) is 0 Å². The predicted molar refractivity (Wildman–Crippen MR) is 128 cm³/mol. The summed E-state index contributed by atoms with van der Waals surface area (Å²) in [5.74, 6) is 2.57. The van der Waals surface area contributed by atoms with Crippen LogP contribution >= 0.6 is 0 Å². The summed E-state index contributed by atoms with van der Waals surface area (Å²) < 4.78 is 21.6. The molecule has 0 aromatic heterocycles. The Morgan fingerprint density at radius 1 is 0.971 bits per heavy atom. The van der Waals surface area contributed by atoms with E-state index >= 15 is 0 Å². The molecule has 1 fully saturated rings. The SMILES string of the molecule is COc1cc2c(cc1OC)CC(=O)N(CC(=O)N1CCN(Cc3ccc4c(c3)OCO4)CC1)C=C2. The number of piperazine rings is 1. The number of nitrogens with zero attached hydrogens (tertiary/aromatic N) is 3. The maximum Gasteiger partial charge on any atom is 0.242 e. The monoisotopic (exact) mass is 479 g/mol. The van der Waals surface area contributed by atoms with Gasteiger partial charge in [-0.15, -0.1) is 0 Å². The maximum atomic E-state index is 13.0. The van der Waals surface area contributed by atoms with Gasteiger partial charge in [-0.2, -0.15) is 0 Å². The van der Waals surface area contributed by atoms with Crippen molar-refractivity contribution in [2.24, 2.45) is 0 Å². The van der Waals surface area contributed by atoms with Crippen LogP contribution in [0.1, 0.15) is 16.7 Å². The molecule has 3 aliphatic rings. The van der Waals surface area contributed by atoms with Crippen LogP contribution in [0.15, 0.2) is 36.5 Å². The molecule has 184 valence electrons. The molecule has 0 aliphatic carbocycles. The Balaban J connectivity index is 1.16. The molecule has 2 aromatic rings. The quantitative estimate of drug-likeness (QED) is 0.628. The first-order chi connectivity index (χ1) is 17.0. The van der Waals surface area contributed by atoms with Gasteiger partial charge < -0.3 is 28.7 Å². The first-order valence-electron chi connectivity index (χ1n) is 11.7. The summed E-state index contributed by atoms with van der Waals surface area (Å²) in [7, 11) is 3.15. The Hall–Kier alpha value is -3.72. The van der Waals surface area contributed by atoms with Gasteiger partial charge in [-0.05, 0) is 47.0 Å². The van der Waals surface area contributed by atoms with E-state index in [0.29, 0.717) is 24.6 Å². The lowest BCUT2D eigenvalue weighted by atomic mass is 10.0. The van der Waals surface area contributed by atoms with Crippen LogP contribution in [0.2, 0.25) is 0 Å². The average molecular weight is 480 g/mol. The molecule has 0 spiro atoms. The Kier molecular flexibility index (Phi) is 6.50. The van der Waals surface area contributed by atoms with E-state index in [1.54, 1.807) is 20.4 Å². The summed E-state index contributed by atoms with van der Waals surface area (Å²) in [6.07, 6.45) is 3.73. The molecule has 0 saturated carbocycles. The third kappa shape index (κ3) is 4.90. The fourth-order valence-electron chi connectivity index (χ4n) is 4.60. The smallest absolute Gasteiger partial charge is 0.242 e. The van der Waals surface area contributed by atoms with E-state index in [0.717, 1.165) is 47.8 Å². The van der Waals surface area contributed by atoms with Crippen molar-refractivity contribution in [2.75, 3.05) is 53.7 Å². The predicted octanol–water partition coefficient (Wildman–Crippen LogP) is 2.13. The van der Waals surface area contributed by atoms with Crippen molar-refractivity contribution in [3.8, 4) is 23.0 Å². The molecule has 2 aromatic carbocycles. The summed E-state index contributed by atoms with van der Waals surface area (Å²) in [6, 6.07) is 9.67. The van der Waals surface area contributed by atoms with Gasteiger partial charge in [0.15, 0.2) is 23.0 Å². The molecule has 0 N–H and O–H groups in total. The largest absolute Gasteiger partial charge is 0.493 e. The second-order valence-corrected chi connectivity index (χ2v) is 8.76. The molecule has 9 heteroatoms. The van der Waals surface area contributed by atoms with Crippen molar-refractivity contribution in [3.05, 3.63) is 53.2 Å². The number of methoxy groups -OCH3 is 2. The minimum absolute atomic E-state index is 0.0275. The van der Waals surface area contributed by atoms with Gasteiger partial charge in [-0.1, -0.05) is 6.07 Å². The van der Waals surface area contributed by atoms with Crippen LogP contribution in [-0.4, -0.2) is 80.3 Å². The summed E-state index contributed by atoms with van der Waals surface area (Å²) in [5.41, 5.74) is 2.88. The van der Waals surface area contributed by atoms with Crippen LogP contribution < -0.4 is 18.9 Å². The zero-order valence-electron chi connectivity index (χ0n) is 20.0. The second-order valence-electron chi connectivity index (χ2n) is 8.76. The molecule has 0 unspecified atom stereocenters. The fraction of sp³-hybridized carbons (Fsp3) is 0.385. The van der Waals surface area contributed by atoms with E-state index in [4.69, 9.17) is 18.9 Å². The highest BCUT2D eigenvalue weighted by atomic mass is 16.7. The van der Waals surface area contributed by atoms with Gasteiger partial charge in [-0.3, -0.25) is 14.5 Å². The maximum absolute atomic E-state index is 13.0. The van der Waals surface area contributed by atoms with E-state index in [2.05, 4.69) is 4.90 Å². The molecule has 9 nitrogen and oxygen atoms in total. The van der Waals surface area contributed by atoms with Gasteiger partial charge in [-0.25, -0.2) is 0 Å². The number of rotatable bonds is 6. The molecule has 3 aliphatic heterocycles. The van der Waals surface area contributed by atoms with Crippen molar-refractivity contribution >= 4 is 17.9 Å². The van der Waals surface area contributed by atoms with Gasteiger partial charge in [0, 0.05) is 38.9 Å². The fourth-order valence-corrected chi connectivity index (χ4v) is 4.60. The third-order valence-corrected chi connectivity index (χ3v) is 6.62. The lowest BCUT2D eigenvalue weighted by Gasteiger charge is -2.35. The normalized spacial score (nSPS) is 17.3. The Morgan fingerprint density at radius 2 is 1.71 bits per heavy atom. The number of hydrogen-bond donors (Lipinski definition) is 0. The lowest BCUT2D eigenvalue weighted by Crippen LogP contribution is -2.51. The van der Waals surface area contributed by atoms with Gasteiger partial charge in [0.05, 0.1) is 20.6 Å². The van der Waals surface area contributed by atoms with Crippen molar-refractivity contribution in [1.29, 1.82) is 0 Å². The molecule has 0 radical (unpaired) electrons. The van der Waals surface area contributed by atoms with E-state index in [-0.39, 0.29) is 31.6 Å². The summed E-state index contributed by atoms with van der Waals surface area (Å²) >= 11 is 0. The Bertz CT molecular complexity index is 1160. The van der Waals surface area contributed by atoms with Gasteiger partial charge >= 0.3 is 0 Å². The molecule has 0 bridgehead atoms. The van der Waals surface area contributed by atoms with E-state index < -0.39 is 0 Å². The van der Waals surface area contributed by atoms with Crippen molar-refractivity contribution in [3.63, 3.8) is 0 Å². The Labute approximate surface area is 204 Å². The van der Waals surface area contributed by atoms with Crippen molar-refractivity contribution < 1.29 is 28.5 Å². The van der Waals surface area contributed by atoms with E-state index in [9.17, 15) is 9.59 Å². The van der Waals surface area contributed by atoms with Crippen LogP contribution in [0.5, 0.6) is 23.0 Å². The standard InChI is InChI=1S/C26H29N3O6/c1-32-22-12-19-5-6-29(25(30)14-20(19)13-23(22)33-2)16-26(31)28-9-7-27(8-10-28)15-18-3-4-21-24(11-18)35-17-34-21/h3-6,11-13H,7-10,14-17H2,1-2H3. The minimum Gasteiger partial charge on any atom is -0.493 e. The average Bonchev–Trinajstić information content (AvgIpc) is 3.29. The number of benzene rings is 2. The third-order valence-electron chi connectivity index (χ3n) is 6.62. The van der Waals surface area contributed by atoms with Crippen LogP contribution in [0, 0.1) is 0 Å². The summed E-state index contributed by atoms with van der Waals surface area (Å²) in [5, 5.41) is 0. The molecule has 1 saturated heterocycles. The van der Waals surface area contributed by atoms with Crippen LogP contribution in [-0.2, 0) is 22.6 Å². The van der Waals surface area contributed by atoms with E-state index in [1.807, 2.05) is 41.3 Å². The van der Waals surface area contributed by atoms with Crippen molar-refractivity contribution in [2.45, 2.75) is 13.0 Å². The number of carbonyl (C=O) groups excluding carboxylic acids is 2. The van der Waals surface area contributed by atoms with Crippen LogP contribution in [0.4, 0.5) is 0 Å². The molecular formula is C26H29N3O6. The summed E-state index contributed by atoms with van der Waals surface area (Å²) in [6.45, 7) is 3.89. The number of ether oxygens (including phenoxy) is 4. The number of fused-ring (bicyclic) bond motifs is 2. The highest BCUT2D eigenvalue weighted by Gasteiger charge is 2.26. The van der Waals surface area contributed by atoms with Crippen molar-refractivity contribution in [1.82, 2.24) is 14.7 Å². The molecule has 5 rings (SSSR count). The first-order valence-corrected chi connectivity index (χ1v) is 11.7. The lowest BCUT2D eigenvalue weighted by molar-refractivity contribution is -0.139. The zero-order valence-corrected chi connectivity index (χ0v) is 20.0. The number of hydrogen-bond acceptors (Lipinski definition) is 7. The second kappa shape index (κ2) is 9.87. The number of amides is 2. The summed E-state index contributed by atoms with van der Waals surface area (Å²) in [4.78, 5) is 31.5. The topological polar surface area (TPSA) is 80.8 Å². The molecule has 2 amide bonds. The first kappa shape index (κ1) is 23.0. The highest BCUT2D eigenvalue weighted by molar-refractivity contribution is 5.89. The zero-order chi connectivity index (χ0) is 24.4. The molecule has 0 atom stereocenters. The Morgan fingerprint density at radius 3 is 2.49 bits per heavy atom. The molecule has 3 heterocycles. The van der Waals surface area contributed by atoms with Gasteiger partial charge in [0.25, 0.3) is 0 Å². The number of carbonyl (C=O) groups is 2. The molecule has 35 heavy (non-hydrogen) atoms. The molecular weight excluding hydrogens is 450 g/mol.